The Balaban J connectivity index is 2.02. The smallest absolute Gasteiger partial charge is 0.410 e. The van der Waals surface area contributed by atoms with Crippen molar-refractivity contribution in [2.75, 3.05) is 31.3 Å². The van der Waals surface area contributed by atoms with Crippen molar-refractivity contribution < 1.29 is 14.3 Å². The predicted molar refractivity (Wildman–Crippen MR) is 99.4 cm³/mol. The zero-order valence-corrected chi connectivity index (χ0v) is 16.5. The molecule has 140 valence electrons. The van der Waals surface area contributed by atoms with Gasteiger partial charge in [0.25, 0.3) is 0 Å². The predicted octanol–water partition coefficient (Wildman–Crippen LogP) is 3.41. The van der Waals surface area contributed by atoms with Gasteiger partial charge in [0.1, 0.15) is 11.4 Å². The maximum atomic E-state index is 12.3. The van der Waals surface area contributed by atoms with E-state index in [1.165, 1.54) is 11.8 Å². The van der Waals surface area contributed by atoms with E-state index in [4.69, 9.17) is 9.47 Å². The normalized spacial score (nSPS) is 18.0. The summed E-state index contributed by atoms with van der Waals surface area (Å²) in [6, 6.07) is 1.93. The molecular weight excluding hydrogens is 340 g/mol. The van der Waals surface area contributed by atoms with Crippen molar-refractivity contribution in [2.45, 2.75) is 57.3 Å². The second-order valence-corrected chi connectivity index (χ2v) is 7.69. The lowest BCUT2D eigenvalue weighted by molar-refractivity contribution is 0.0206. The van der Waals surface area contributed by atoms with Gasteiger partial charge >= 0.3 is 6.09 Å². The minimum absolute atomic E-state index is 0.125. The van der Waals surface area contributed by atoms with E-state index in [1.54, 1.807) is 11.0 Å². The second-order valence-electron chi connectivity index (χ2n) is 6.92. The number of thioether (sulfide) groups is 1. The van der Waals surface area contributed by atoms with E-state index in [0.717, 1.165) is 25.2 Å². The average Bonchev–Trinajstić information content (AvgIpc) is 2.53. The number of amides is 1. The molecule has 0 aromatic carbocycles. The van der Waals surface area contributed by atoms with E-state index in [9.17, 15) is 4.79 Å². The molecule has 8 heteroatoms. The summed E-state index contributed by atoms with van der Waals surface area (Å²) in [5.41, 5.74) is -0.482. The lowest BCUT2D eigenvalue weighted by atomic mass is 10.1. The third kappa shape index (κ3) is 6.26. The molecule has 1 aliphatic heterocycles. The molecule has 0 unspecified atom stereocenters. The molecule has 1 aliphatic rings. The molecule has 1 fully saturated rings. The lowest BCUT2D eigenvalue weighted by Gasteiger charge is -2.34. The van der Waals surface area contributed by atoms with Crippen LogP contribution in [0, 0.1) is 0 Å². The van der Waals surface area contributed by atoms with E-state index in [2.05, 4.69) is 15.3 Å². The fourth-order valence-electron chi connectivity index (χ4n) is 2.59. The fraction of sp³-hybridized carbons (Fsp3) is 0.706. The molecule has 2 rings (SSSR count). The minimum Gasteiger partial charge on any atom is -0.478 e. The number of hydrogen-bond donors (Lipinski definition) is 1. The first kappa shape index (κ1) is 19.6. The molecule has 0 spiro atoms. The Morgan fingerprint density at radius 2 is 2.20 bits per heavy atom. The van der Waals surface area contributed by atoms with Crippen molar-refractivity contribution in [3.63, 3.8) is 0 Å². The van der Waals surface area contributed by atoms with E-state index >= 15 is 0 Å². The summed E-state index contributed by atoms with van der Waals surface area (Å²) in [7, 11) is 0. The van der Waals surface area contributed by atoms with Crippen LogP contribution in [0.3, 0.4) is 0 Å². The first-order chi connectivity index (χ1) is 11.8. The first-order valence-electron chi connectivity index (χ1n) is 8.61. The Kier molecular flexibility index (Phi) is 6.75. The highest BCUT2D eigenvalue weighted by Crippen LogP contribution is 2.22. The number of aromatic nitrogens is 2. The van der Waals surface area contributed by atoms with Crippen molar-refractivity contribution in [1.29, 1.82) is 0 Å². The molecule has 25 heavy (non-hydrogen) atoms. The monoisotopic (exact) mass is 368 g/mol. The number of hydrogen-bond acceptors (Lipinski definition) is 7. The van der Waals surface area contributed by atoms with Gasteiger partial charge in [-0.1, -0.05) is 11.8 Å². The zero-order valence-electron chi connectivity index (χ0n) is 15.7. The van der Waals surface area contributed by atoms with Crippen molar-refractivity contribution in [3.8, 4) is 5.88 Å². The number of ether oxygens (including phenoxy) is 2. The Morgan fingerprint density at radius 1 is 1.44 bits per heavy atom. The van der Waals surface area contributed by atoms with Crippen LogP contribution in [-0.2, 0) is 4.74 Å². The summed E-state index contributed by atoms with van der Waals surface area (Å²) in [5, 5.41) is 4.07. The molecule has 1 amide bonds. The summed E-state index contributed by atoms with van der Waals surface area (Å²) in [6.07, 6.45) is 3.57. The molecule has 1 aromatic rings. The lowest BCUT2D eigenvalue weighted by Crippen LogP contribution is -2.47. The molecule has 0 radical (unpaired) electrons. The molecule has 1 aromatic heterocycles. The second kappa shape index (κ2) is 8.60. The van der Waals surface area contributed by atoms with Crippen LogP contribution in [0.5, 0.6) is 5.88 Å². The molecule has 1 atom stereocenters. The van der Waals surface area contributed by atoms with Gasteiger partial charge in [0.05, 0.1) is 6.61 Å². The number of carbonyl (C=O) groups is 1. The highest BCUT2D eigenvalue weighted by atomic mass is 32.2. The van der Waals surface area contributed by atoms with Crippen LogP contribution < -0.4 is 10.1 Å². The summed E-state index contributed by atoms with van der Waals surface area (Å²) >= 11 is 1.47. The van der Waals surface area contributed by atoms with E-state index < -0.39 is 5.60 Å². The Morgan fingerprint density at radius 3 is 2.84 bits per heavy atom. The average molecular weight is 369 g/mol. The Hall–Kier alpha value is -1.70. The van der Waals surface area contributed by atoms with Crippen LogP contribution in [0.15, 0.2) is 11.2 Å². The van der Waals surface area contributed by atoms with Crippen molar-refractivity contribution in [2.24, 2.45) is 0 Å². The maximum absolute atomic E-state index is 12.3. The van der Waals surface area contributed by atoms with Crippen LogP contribution in [0.2, 0.25) is 0 Å². The number of likely N-dealkylation sites (tertiary alicyclic amines) is 1. The molecule has 7 nitrogen and oxygen atoms in total. The molecular formula is C17H28N4O3S. The van der Waals surface area contributed by atoms with Gasteiger partial charge in [-0.15, -0.1) is 0 Å². The van der Waals surface area contributed by atoms with Gasteiger partial charge in [-0.2, -0.15) is 4.98 Å². The first-order valence-corrected chi connectivity index (χ1v) is 9.83. The number of anilines is 1. The van der Waals surface area contributed by atoms with Crippen LogP contribution >= 0.6 is 11.8 Å². The maximum Gasteiger partial charge on any atom is 0.410 e. The van der Waals surface area contributed by atoms with E-state index in [1.807, 2.05) is 34.0 Å². The van der Waals surface area contributed by atoms with Crippen LogP contribution in [0.4, 0.5) is 10.6 Å². The standard InChI is InChI=1S/C17H28N4O3S/c1-6-23-14-10-13(19-15(20-14)25-5)18-12-8-7-9-21(11-12)16(22)24-17(2,3)4/h10,12H,6-9,11H2,1-5H3,(H,18,19,20)/t12-/m1/s1. The van der Waals surface area contributed by atoms with Gasteiger partial charge in [-0.25, -0.2) is 9.78 Å². The van der Waals surface area contributed by atoms with Crippen LogP contribution in [0.1, 0.15) is 40.5 Å². The summed E-state index contributed by atoms with van der Waals surface area (Å²) in [5.74, 6) is 1.28. The summed E-state index contributed by atoms with van der Waals surface area (Å²) < 4.78 is 11.0. The van der Waals surface area contributed by atoms with Gasteiger partial charge < -0.3 is 19.7 Å². The molecule has 1 saturated heterocycles. The SMILES string of the molecule is CCOc1cc(N[C@@H]2CCCN(C(=O)OC(C)(C)C)C2)nc(SC)n1. The Bertz CT molecular complexity index is 592. The number of rotatable bonds is 5. The third-order valence-electron chi connectivity index (χ3n) is 3.58. The number of nitrogens with one attached hydrogen (secondary N) is 1. The Labute approximate surface area is 153 Å². The summed E-state index contributed by atoms with van der Waals surface area (Å²) in [6.45, 7) is 9.43. The fourth-order valence-corrected chi connectivity index (χ4v) is 2.96. The van der Waals surface area contributed by atoms with E-state index in [-0.39, 0.29) is 12.1 Å². The molecule has 1 N–H and O–H groups in total. The molecule has 2 heterocycles. The minimum atomic E-state index is -0.482. The van der Waals surface area contributed by atoms with Gasteiger partial charge in [0.15, 0.2) is 5.16 Å². The molecule has 0 aliphatic carbocycles. The molecule has 0 bridgehead atoms. The van der Waals surface area contributed by atoms with Gasteiger partial charge in [-0.3, -0.25) is 0 Å². The van der Waals surface area contributed by atoms with Gasteiger partial charge in [0, 0.05) is 25.2 Å². The van der Waals surface area contributed by atoms with Crippen molar-refractivity contribution in [3.05, 3.63) is 6.07 Å². The number of nitrogens with zero attached hydrogens (tertiary/aromatic N) is 3. The van der Waals surface area contributed by atoms with E-state index in [0.29, 0.717) is 24.2 Å². The highest BCUT2D eigenvalue weighted by molar-refractivity contribution is 7.98. The number of carbonyl (C=O) groups excluding carboxylic acids is 1. The molecule has 0 saturated carbocycles. The largest absolute Gasteiger partial charge is 0.478 e. The summed E-state index contributed by atoms with van der Waals surface area (Å²) in [4.78, 5) is 22.8. The zero-order chi connectivity index (χ0) is 18.4. The topological polar surface area (TPSA) is 76.6 Å². The number of piperidine rings is 1. The third-order valence-corrected chi connectivity index (χ3v) is 4.13. The van der Waals surface area contributed by atoms with Gasteiger partial charge in [0.2, 0.25) is 5.88 Å². The van der Waals surface area contributed by atoms with Crippen molar-refractivity contribution >= 4 is 23.7 Å². The quantitative estimate of drug-likeness (QED) is 0.630. The van der Waals surface area contributed by atoms with Crippen LogP contribution in [-0.4, -0.2) is 58.6 Å². The van der Waals surface area contributed by atoms with Crippen molar-refractivity contribution in [1.82, 2.24) is 14.9 Å². The highest BCUT2D eigenvalue weighted by Gasteiger charge is 2.27. The van der Waals surface area contributed by atoms with Crippen LogP contribution in [0.25, 0.3) is 0 Å². The van der Waals surface area contributed by atoms with Gasteiger partial charge in [-0.05, 0) is 46.8 Å².